The summed E-state index contributed by atoms with van der Waals surface area (Å²) in [6.07, 6.45) is 4.66. The molecular formula is C13H22N4O. The van der Waals surface area contributed by atoms with Gasteiger partial charge in [0.1, 0.15) is 0 Å². The van der Waals surface area contributed by atoms with Gasteiger partial charge in [0.15, 0.2) is 5.82 Å². The fourth-order valence-corrected chi connectivity index (χ4v) is 3.03. The summed E-state index contributed by atoms with van der Waals surface area (Å²) in [5.41, 5.74) is 0. The Morgan fingerprint density at radius 3 is 2.83 bits per heavy atom. The zero-order chi connectivity index (χ0) is 12.4. The van der Waals surface area contributed by atoms with Crippen LogP contribution in [0.4, 0.5) is 0 Å². The molecule has 5 nitrogen and oxygen atoms in total. The highest BCUT2D eigenvalue weighted by molar-refractivity contribution is 5.02. The van der Waals surface area contributed by atoms with Crippen molar-refractivity contribution in [3.05, 3.63) is 11.7 Å². The van der Waals surface area contributed by atoms with Crippen LogP contribution in [0.3, 0.4) is 0 Å². The number of likely N-dealkylation sites (N-methyl/N-ethyl adjacent to an activating group) is 1. The second-order valence-electron chi connectivity index (χ2n) is 5.62. The molecule has 0 radical (unpaired) electrons. The molecule has 1 aromatic rings. The van der Waals surface area contributed by atoms with Gasteiger partial charge in [-0.1, -0.05) is 5.16 Å². The molecule has 100 valence electrons. The van der Waals surface area contributed by atoms with E-state index in [-0.39, 0.29) is 0 Å². The van der Waals surface area contributed by atoms with Crippen LogP contribution in [-0.4, -0.2) is 48.3 Å². The lowest BCUT2D eigenvalue weighted by molar-refractivity contribution is 0.219. The van der Waals surface area contributed by atoms with Crippen LogP contribution < -0.4 is 5.32 Å². The molecule has 1 atom stereocenters. The quantitative estimate of drug-likeness (QED) is 0.858. The number of nitrogens with one attached hydrogen (secondary N) is 1. The van der Waals surface area contributed by atoms with Gasteiger partial charge in [-0.25, -0.2) is 0 Å². The Morgan fingerprint density at radius 1 is 1.22 bits per heavy atom. The minimum atomic E-state index is 0.437. The van der Waals surface area contributed by atoms with Gasteiger partial charge >= 0.3 is 0 Å². The van der Waals surface area contributed by atoms with Crippen molar-refractivity contribution in [1.82, 2.24) is 20.4 Å². The van der Waals surface area contributed by atoms with Crippen molar-refractivity contribution in [1.29, 1.82) is 0 Å². The van der Waals surface area contributed by atoms with Crippen molar-refractivity contribution in [2.45, 2.75) is 37.5 Å². The average molecular weight is 250 g/mol. The third kappa shape index (κ3) is 2.57. The van der Waals surface area contributed by atoms with Crippen molar-refractivity contribution in [3.63, 3.8) is 0 Å². The van der Waals surface area contributed by atoms with Crippen LogP contribution in [0, 0.1) is 0 Å². The maximum absolute atomic E-state index is 5.50. The Labute approximate surface area is 108 Å². The zero-order valence-electron chi connectivity index (χ0n) is 11.1. The number of aromatic nitrogens is 2. The Kier molecular flexibility index (Phi) is 3.61. The molecule has 2 aliphatic heterocycles. The van der Waals surface area contributed by atoms with E-state index in [9.17, 15) is 0 Å². The molecule has 0 bridgehead atoms. The van der Waals surface area contributed by atoms with Crippen LogP contribution in [0.15, 0.2) is 4.52 Å². The Bertz CT molecular complexity index is 386. The molecule has 18 heavy (non-hydrogen) atoms. The van der Waals surface area contributed by atoms with E-state index in [0.717, 1.165) is 44.2 Å². The van der Waals surface area contributed by atoms with Gasteiger partial charge in [-0.3, -0.25) is 0 Å². The Balaban J connectivity index is 1.68. The van der Waals surface area contributed by atoms with E-state index < -0.39 is 0 Å². The lowest BCUT2D eigenvalue weighted by Crippen LogP contribution is -2.31. The summed E-state index contributed by atoms with van der Waals surface area (Å²) in [4.78, 5) is 7.01. The number of hydrogen-bond donors (Lipinski definition) is 1. The lowest BCUT2D eigenvalue weighted by Gasteiger charge is -2.27. The lowest BCUT2D eigenvalue weighted by atomic mass is 9.96. The molecule has 0 aromatic carbocycles. The summed E-state index contributed by atoms with van der Waals surface area (Å²) in [5.74, 6) is 2.71. The van der Waals surface area contributed by atoms with E-state index in [1.807, 2.05) is 0 Å². The van der Waals surface area contributed by atoms with E-state index in [0.29, 0.717) is 11.8 Å². The highest BCUT2D eigenvalue weighted by atomic mass is 16.5. The summed E-state index contributed by atoms with van der Waals surface area (Å²) >= 11 is 0. The third-order valence-corrected chi connectivity index (χ3v) is 4.14. The fraction of sp³-hybridized carbons (Fsp3) is 0.846. The SMILES string of the molecule is CN1CCCC(c2nc(C3CCNCC3)no2)C1. The van der Waals surface area contributed by atoms with Gasteiger partial charge < -0.3 is 14.7 Å². The molecule has 1 aromatic heterocycles. The Morgan fingerprint density at radius 2 is 2.06 bits per heavy atom. The minimum absolute atomic E-state index is 0.437. The van der Waals surface area contributed by atoms with Gasteiger partial charge in [-0.05, 0) is 52.4 Å². The van der Waals surface area contributed by atoms with Crippen molar-refractivity contribution in [2.24, 2.45) is 0 Å². The van der Waals surface area contributed by atoms with Crippen molar-refractivity contribution < 1.29 is 4.52 Å². The molecule has 2 saturated heterocycles. The summed E-state index contributed by atoms with van der Waals surface area (Å²) in [6.45, 7) is 4.38. The highest BCUT2D eigenvalue weighted by Crippen LogP contribution is 2.28. The first-order valence-corrected chi connectivity index (χ1v) is 7.05. The van der Waals surface area contributed by atoms with Crippen LogP contribution in [0.1, 0.15) is 49.2 Å². The summed E-state index contributed by atoms with van der Waals surface area (Å²) in [6, 6.07) is 0. The summed E-state index contributed by atoms with van der Waals surface area (Å²) < 4.78 is 5.50. The molecule has 0 aliphatic carbocycles. The van der Waals surface area contributed by atoms with Gasteiger partial charge in [0.25, 0.3) is 0 Å². The molecule has 1 unspecified atom stereocenters. The average Bonchev–Trinajstić information content (AvgIpc) is 2.89. The minimum Gasteiger partial charge on any atom is -0.339 e. The molecule has 2 fully saturated rings. The van der Waals surface area contributed by atoms with Gasteiger partial charge in [-0.15, -0.1) is 0 Å². The number of likely N-dealkylation sites (tertiary alicyclic amines) is 1. The van der Waals surface area contributed by atoms with Crippen molar-refractivity contribution in [2.75, 3.05) is 33.2 Å². The second kappa shape index (κ2) is 5.36. The van der Waals surface area contributed by atoms with Crippen LogP contribution in [0.25, 0.3) is 0 Å². The first kappa shape index (κ1) is 12.1. The molecule has 3 heterocycles. The number of rotatable bonds is 2. The van der Waals surface area contributed by atoms with Crippen LogP contribution in [0.2, 0.25) is 0 Å². The van der Waals surface area contributed by atoms with Gasteiger partial charge in [0.2, 0.25) is 5.89 Å². The van der Waals surface area contributed by atoms with E-state index in [1.165, 1.54) is 19.4 Å². The van der Waals surface area contributed by atoms with Gasteiger partial charge in [0.05, 0.1) is 5.92 Å². The first-order chi connectivity index (χ1) is 8.83. The molecule has 5 heteroatoms. The maximum atomic E-state index is 5.50. The fourth-order valence-electron chi connectivity index (χ4n) is 3.03. The monoisotopic (exact) mass is 250 g/mol. The predicted octanol–water partition coefficient (Wildman–Crippen LogP) is 1.35. The number of hydrogen-bond acceptors (Lipinski definition) is 5. The van der Waals surface area contributed by atoms with Crippen molar-refractivity contribution >= 4 is 0 Å². The Hall–Kier alpha value is -0.940. The molecule has 0 spiro atoms. The standard InChI is InChI=1S/C13H22N4O/c1-17-8-2-3-11(9-17)13-15-12(16-18-13)10-4-6-14-7-5-10/h10-11,14H,2-9H2,1H3. The summed E-state index contributed by atoms with van der Waals surface area (Å²) in [5, 5.41) is 7.58. The third-order valence-electron chi connectivity index (χ3n) is 4.14. The predicted molar refractivity (Wildman–Crippen MR) is 68.6 cm³/mol. The normalized spacial score (nSPS) is 27.5. The molecule has 2 aliphatic rings. The van der Waals surface area contributed by atoms with Crippen molar-refractivity contribution in [3.8, 4) is 0 Å². The first-order valence-electron chi connectivity index (χ1n) is 7.05. The van der Waals surface area contributed by atoms with E-state index in [2.05, 4.69) is 27.4 Å². The number of piperidine rings is 2. The summed E-state index contributed by atoms with van der Waals surface area (Å²) in [7, 11) is 2.16. The molecular weight excluding hydrogens is 228 g/mol. The van der Waals surface area contributed by atoms with Gasteiger partial charge in [-0.2, -0.15) is 4.98 Å². The molecule has 3 rings (SSSR count). The van der Waals surface area contributed by atoms with E-state index >= 15 is 0 Å². The highest BCUT2D eigenvalue weighted by Gasteiger charge is 2.26. The topological polar surface area (TPSA) is 54.2 Å². The van der Waals surface area contributed by atoms with Crippen LogP contribution in [-0.2, 0) is 0 Å². The van der Waals surface area contributed by atoms with E-state index in [4.69, 9.17) is 4.52 Å². The largest absolute Gasteiger partial charge is 0.339 e. The van der Waals surface area contributed by atoms with Crippen LogP contribution in [0.5, 0.6) is 0 Å². The zero-order valence-corrected chi connectivity index (χ0v) is 11.1. The molecule has 1 N–H and O–H groups in total. The second-order valence-corrected chi connectivity index (χ2v) is 5.62. The smallest absolute Gasteiger partial charge is 0.231 e. The van der Waals surface area contributed by atoms with Crippen LogP contribution >= 0.6 is 0 Å². The van der Waals surface area contributed by atoms with E-state index in [1.54, 1.807) is 0 Å². The van der Waals surface area contributed by atoms with Gasteiger partial charge in [0, 0.05) is 12.5 Å². The number of nitrogens with zero attached hydrogens (tertiary/aromatic N) is 3. The maximum Gasteiger partial charge on any atom is 0.231 e. The molecule has 0 saturated carbocycles. The molecule has 0 amide bonds.